The van der Waals surface area contributed by atoms with Crippen molar-refractivity contribution >= 4 is 54.5 Å². The number of hydroxylamine groups is 1. The van der Waals surface area contributed by atoms with E-state index in [1.54, 1.807) is 0 Å². The molecule has 0 bridgehead atoms. The summed E-state index contributed by atoms with van der Waals surface area (Å²) in [5.41, 5.74) is 1.91. The maximum Gasteiger partial charge on any atom is 0.296 e. The zero-order valence-electron chi connectivity index (χ0n) is 14.7. The number of nitrogens with zero attached hydrogens (tertiary/aromatic N) is 1. The predicted octanol–water partition coefficient (Wildman–Crippen LogP) is 0.362. The molecule has 0 spiro atoms. The third-order valence-electron chi connectivity index (χ3n) is 3.49. The van der Waals surface area contributed by atoms with Gasteiger partial charge in [0.25, 0.3) is 16.0 Å². The third-order valence-corrected chi connectivity index (χ3v) is 5.70. The van der Waals surface area contributed by atoms with Crippen LogP contribution in [0.2, 0.25) is 0 Å². The summed E-state index contributed by atoms with van der Waals surface area (Å²) < 4.78 is 28.5. The van der Waals surface area contributed by atoms with Crippen molar-refractivity contribution in [2.45, 2.75) is 24.2 Å². The molecule has 0 radical (unpaired) electrons. The highest BCUT2D eigenvalue weighted by Gasteiger charge is 2.15. The van der Waals surface area contributed by atoms with Gasteiger partial charge in [0.15, 0.2) is 5.13 Å². The normalized spacial score (nSPS) is 11.2. The van der Waals surface area contributed by atoms with Crippen molar-refractivity contribution in [3.63, 3.8) is 0 Å². The Balaban J connectivity index is 1.87. The topological polar surface area (TPSA) is 164 Å². The van der Waals surface area contributed by atoms with Crippen LogP contribution in [0.25, 0.3) is 10.2 Å². The Labute approximate surface area is 164 Å². The van der Waals surface area contributed by atoms with Gasteiger partial charge in [-0.1, -0.05) is 11.3 Å². The number of nitrogens with one attached hydrogen (secondary N) is 3. The molecule has 3 amide bonds. The number of aromatic nitrogens is 1. The van der Waals surface area contributed by atoms with Crippen molar-refractivity contribution in [1.29, 1.82) is 0 Å². The van der Waals surface area contributed by atoms with Crippen molar-refractivity contribution in [3.8, 4) is 0 Å². The molecule has 0 aliphatic carbocycles. The number of rotatable bonds is 9. The summed E-state index contributed by atoms with van der Waals surface area (Å²) in [7, 11) is -2.75. The number of fused-ring (bicyclic) bond motifs is 1. The molecule has 13 heteroatoms. The molecule has 1 aromatic carbocycles. The van der Waals surface area contributed by atoms with Crippen molar-refractivity contribution in [3.05, 3.63) is 18.2 Å². The number of hydrogen-bond donors (Lipinski definition) is 4. The highest BCUT2D eigenvalue weighted by molar-refractivity contribution is 7.86. The molecule has 0 unspecified atom stereocenters. The number of hydrogen-bond acceptors (Lipinski definition) is 9. The van der Waals surface area contributed by atoms with Crippen molar-refractivity contribution in [2.75, 3.05) is 19.0 Å². The van der Waals surface area contributed by atoms with E-state index < -0.39 is 21.9 Å². The number of carbonyl (C=O) groups is 3. The highest BCUT2D eigenvalue weighted by atomic mass is 32.2. The highest BCUT2D eigenvalue weighted by Crippen LogP contribution is 2.28. The van der Waals surface area contributed by atoms with Crippen LogP contribution in [-0.2, 0) is 28.7 Å². The molecular weight excluding hydrogens is 412 g/mol. The lowest BCUT2D eigenvalue weighted by Crippen LogP contribution is -2.35. The lowest BCUT2D eigenvalue weighted by atomic mass is 10.2. The van der Waals surface area contributed by atoms with Crippen molar-refractivity contribution in [2.24, 2.45) is 0 Å². The molecule has 2 aromatic rings. The first-order valence-corrected chi connectivity index (χ1v) is 10.2. The molecule has 1 aromatic heterocycles. The van der Waals surface area contributed by atoms with E-state index in [1.165, 1.54) is 23.7 Å². The fourth-order valence-electron chi connectivity index (χ4n) is 2.11. The Kier molecular flexibility index (Phi) is 7.39. The van der Waals surface area contributed by atoms with Gasteiger partial charge in [-0.05, 0) is 24.6 Å². The minimum Gasteiger partial charge on any atom is -0.347 e. The second-order valence-corrected chi connectivity index (χ2v) is 8.23. The van der Waals surface area contributed by atoms with Gasteiger partial charge >= 0.3 is 0 Å². The van der Waals surface area contributed by atoms with Crippen LogP contribution in [0.3, 0.4) is 0 Å². The number of thiazole rings is 1. The third kappa shape index (κ3) is 5.95. The van der Waals surface area contributed by atoms with E-state index >= 15 is 0 Å². The fourth-order valence-corrected chi connectivity index (χ4v) is 3.79. The predicted molar refractivity (Wildman–Crippen MR) is 99.2 cm³/mol. The molecule has 28 heavy (non-hydrogen) atoms. The molecule has 4 N–H and O–H groups in total. The van der Waals surface area contributed by atoms with Gasteiger partial charge in [-0.25, -0.2) is 10.5 Å². The first-order valence-electron chi connectivity index (χ1n) is 7.96. The summed E-state index contributed by atoms with van der Waals surface area (Å²) in [6.07, 6.45) is 0.336. The van der Waals surface area contributed by atoms with E-state index in [0.717, 1.165) is 18.4 Å². The van der Waals surface area contributed by atoms with Gasteiger partial charge in [-0.3, -0.25) is 23.8 Å². The van der Waals surface area contributed by atoms with Crippen LogP contribution in [0.5, 0.6) is 0 Å². The van der Waals surface area contributed by atoms with Crippen LogP contribution in [0.1, 0.15) is 19.3 Å². The quantitative estimate of drug-likeness (QED) is 0.252. The summed E-state index contributed by atoms with van der Waals surface area (Å²) in [4.78, 5) is 38.4. The summed E-state index contributed by atoms with van der Waals surface area (Å²) in [5.74, 6) is -1.53. The zero-order valence-corrected chi connectivity index (χ0v) is 16.4. The Morgan fingerprint density at radius 1 is 1.18 bits per heavy atom. The average molecular weight is 430 g/mol. The van der Waals surface area contributed by atoms with Crippen LogP contribution in [-0.4, -0.2) is 50.0 Å². The van der Waals surface area contributed by atoms with Crippen LogP contribution < -0.4 is 16.1 Å². The summed E-state index contributed by atoms with van der Waals surface area (Å²) in [6, 6.07) is 4.29. The number of amides is 3. The van der Waals surface area contributed by atoms with Crippen LogP contribution >= 0.6 is 11.3 Å². The summed E-state index contributed by atoms with van der Waals surface area (Å²) in [6.45, 7) is -0.353. The Morgan fingerprint density at radius 2 is 1.89 bits per heavy atom. The lowest BCUT2D eigenvalue weighted by Gasteiger charge is -2.04. The van der Waals surface area contributed by atoms with Gasteiger partial charge in [-0.15, -0.1) is 0 Å². The first-order chi connectivity index (χ1) is 13.2. The standard InChI is InChI=1S/C15H18N4O7S2/c1-26-28(24,25)9-5-6-10-11(7-9)27-15(17-10)18-13(21)4-2-3-12(20)16-8-14(22)19-23/h5-7,23H,2-4,8H2,1H3,(H,16,20)(H,19,22)(H,17,18,21). The second-order valence-electron chi connectivity index (χ2n) is 5.48. The van der Waals surface area contributed by atoms with Gasteiger partial charge in [0, 0.05) is 12.8 Å². The molecule has 0 saturated carbocycles. The molecule has 0 saturated heterocycles. The zero-order chi connectivity index (χ0) is 20.7. The molecular formula is C15H18N4O7S2. The fraction of sp³-hybridized carbons (Fsp3) is 0.333. The minimum absolute atomic E-state index is 0.00933. The molecule has 152 valence electrons. The minimum atomic E-state index is -3.82. The Morgan fingerprint density at radius 3 is 2.57 bits per heavy atom. The van der Waals surface area contributed by atoms with E-state index in [0.29, 0.717) is 15.3 Å². The van der Waals surface area contributed by atoms with E-state index in [4.69, 9.17) is 5.21 Å². The summed E-state index contributed by atoms with van der Waals surface area (Å²) >= 11 is 1.11. The van der Waals surface area contributed by atoms with Crippen LogP contribution in [0.4, 0.5) is 5.13 Å². The molecule has 2 rings (SSSR count). The van der Waals surface area contributed by atoms with Crippen LogP contribution in [0, 0.1) is 0 Å². The second kappa shape index (κ2) is 9.54. The first kappa shape index (κ1) is 21.7. The Hall–Kier alpha value is -2.61. The molecule has 11 nitrogen and oxygen atoms in total. The van der Waals surface area contributed by atoms with E-state index in [-0.39, 0.29) is 36.6 Å². The van der Waals surface area contributed by atoms with E-state index in [2.05, 4.69) is 19.8 Å². The molecule has 1 heterocycles. The molecule has 0 aliphatic heterocycles. The Bertz CT molecular complexity index is 987. The average Bonchev–Trinajstić information content (AvgIpc) is 3.07. The SMILES string of the molecule is COS(=O)(=O)c1ccc2nc(NC(=O)CCCC(=O)NCC(=O)NO)sc2c1. The molecule has 0 atom stereocenters. The number of carbonyl (C=O) groups excluding carboxylic acids is 3. The van der Waals surface area contributed by atoms with E-state index in [9.17, 15) is 22.8 Å². The number of anilines is 1. The monoisotopic (exact) mass is 430 g/mol. The smallest absolute Gasteiger partial charge is 0.296 e. The van der Waals surface area contributed by atoms with Gasteiger partial charge in [-0.2, -0.15) is 8.42 Å². The van der Waals surface area contributed by atoms with Crippen LogP contribution in [0.15, 0.2) is 23.1 Å². The molecule has 0 aliphatic rings. The summed E-state index contributed by atoms with van der Waals surface area (Å²) in [5, 5.41) is 13.5. The largest absolute Gasteiger partial charge is 0.347 e. The maximum absolute atomic E-state index is 12.0. The van der Waals surface area contributed by atoms with Gasteiger partial charge < -0.3 is 10.6 Å². The maximum atomic E-state index is 12.0. The lowest BCUT2D eigenvalue weighted by molar-refractivity contribution is -0.131. The van der Waals surface area contributed by atoms with E-state index in [1.807, 2.05) is 0 Å². The number of benzene rings is 1. The molecule has 0 fully saturated rings. The van der Waals surface area contributed by atoms with Crippen molar-refractivity contribution < 1.29 is 32.2 Å². The van der Waals surface area contributed by atoms with Gasteiger partial charge in [0.2, 0.25) is 11.8 Å². The van der Waals surface area contributed by atoms with Gasteiger partial charge in [0.05, 0.1) is 28.8 Å². The van der Waals surface area contributed by atoms with Crippen molar-refractivity contribution in [1.82, 2.24) is 15.8 Å². The van der Waals surface area contributed by atoms with Gasteiger partial charge in [0.1, 0.15) is 0 Å².